The molecule has 0 spiro atoms. The molecule has 2 unspecified atom stereocenters. The SMILES string of the molecule is O=C(C=C1C(Cl)CCP(c2ccccc2)C1(c1ccccc1)c1ccccc1)c1ccccc1. The molecule has 1 saturated heterocycles. The van der Waals surface area contributed by atoms with Gasteiger partial charge in [0, 0.05) is 5.56 Å². The van der Waals surface area contributed by atoms with Crippen LogP contribution in [0.2, 0.25) is 0 Å². The lowest BCUT2D eigenvalue weighted by Gasteiger charge is -2.49. The zero-order valence-corrected chi connectivity index (χ0v) is 20.5. The third kappa shape index (κ3) is 4.16. The van der Waals surface area contributed by atoms with Gasteiger partial charge in [0.1, 0.15) is 0 Å². The highest BCUT2D eigenvalue weighted by atomic mass is 35.5. The largest absolute Gasteiger partial charge is 0.289 e. The van der Waals surface area contributed by atoms with Crippen LogP contribution in [0.4, 0.5) is 0 Å². The van der Waals surface area contributed by atoms with Gasteiger partial charge in [-0.1, -0.05) is 129 Å². The molecule has 2 atom stereocenters. The number of carbonyl (C=O) groups excluding carboxylic acids is 1. The third-order valence-corrected chi connectivity index (χ3v) is 10.2. The van der Waals surface area contributed by atoms with Crippen molar-refractivity contribution in [3.8, 4) is 0 Å². The molecule has 4 aromatic carbocycles. The molecule has 4 aromatic rings. The first-order chi connectivity index (χ1) is 16.7. The molecule has 0 bridgehead atoms. The predicted molar refractivity (Wildman–Crippen MR) is 145 cm³/mol. The van der Waals surface area contributed by atoms with Gasteiger partial charge in [0.2, 0.25) is 0 Å². The number of halogens is 1. The fourth-order valence-corrected chi connectivity index (χ4v) is 9.12. The Labute approximate surface area is 207 Å². The van der Waals surface area contributed by atoms with Crippen molar-refractivity contribution in [2.75, 3.05) is 6.16 Å². The first-order valence-corrected chi connectivity index (χ1v) is 13.6. The zero-order valence-electron chi connectivity index (χ0n) is 18.8. The minimum atomic E-state index is -0.737. The van der Waals surface area contributed by atoms with Crippen LogP contribution in [0.25, 0.3) is 0 Å². The number of hydrogen-bond acceptors (Lipinski definition) is 1. The van der Waals surface area contributed by atoms with Crippen LogP contribution in [0, 0.1) is 0 Å². The van der Waals surface area contributed by atoms with E-state index < -0.39 is 13.1 Å². The Morgan fingerprint density at radius 2 is 1.21 bits per heavy atom. The summed E-state index contributed by atoms with van der Waals surface area (Å²) in [7, 11) is -0.737. The number of alkyl halides is 1. The molecular formula is C31H26ClOP. The molecule has 0 aliphatic carbocycles. The van der Waals surface area contributed by atoms with Gasteiger partial charge in [-0.2, -0.15) is 0 Å². The summed E-state index contributed by atoms with van der Waals surface area (Å²) in [5, 5.41) is 0.608. The van der Waals surface area contributed by atoms with Crippen LogP contribution in [-0.4, -0.2) is 17.3 Å². The molecule has 168 valence electrons. The number of carbonyl (C=O) groups is 1. The Morgan fingerprint density at radius 3 is 1.74 bits per heavy atom. The molecule has 0 aromatic heterocycles. The van der Waals surface area contributed by atoms with Crippen molar-refractivity contribution < 1.29 is 4.79 Å². The van der Waals surface area contributed by atoms with Crippen LogP contribution in [0.3, 0.4) is 0 Å². The zero-order chi connectivity index (χ0) is 23.4. The average Bonchev–Trinajstić information content (AvgIpc) is 2.91. The summed E-state index contributed by atoms with van der Waals surface area (Å²) in [5.74, 6) is 0.00222. The van der Waals surface area contributed by atoms with Gasteiger partial charge in [-0.25, -0.2) is 0 Å². The van der Waals surface area contributed by atoms with Crippen molar-refractivity contribution in [2.24, 2.45) is 0 Å². The van der Waals surface area contributed by atoms with E-state index >= 15 is 0 Å². The highest BCUT2D eigenvalue weighted by Crippen LogP contribution is 2.67. The topological polar surface area (TPSA) is 17.1 Å². The van der Waals surface area contributed by atoms with Crippen LogP contribution in [0.15, 0.2) is 133 Å². The van der Waals surface area contributed by atoms with E-state index in [0.717, 1.165) is 18.2 Å². The third-order valence-electron chi connectivity index (χ3n) is 6.56. The van der Waals surface area contributed by atoms with Crippen molar-refractivity contribution in [3.05, 3.63) is 150 Å². The Bertz CT molecular complexity index is 1230. The molecule has 0 amide bonds. The lowest BCUT2D eigenvalue weighted by Crippen LogP contribution is -2.40. The van der Waals surface area contributed by atoms with Gasteiger partial charge in [-0.05, 0) is 40.7 Å². The number of allylic oxidation sites excluding steroid dienone is 2. The summed E-state index contributed by atoms with van der Waals surface area (Å²) >= 11 is 7.14. The van der Waals surface area contributed by atoms with E-state index in [1.807, 2.05) is 48.5 Å². The van der Waals surface area contributed by atoms with Crippen LogP contribution in [-0.2, 0) is 5.16 Å². The summed E-state index contributed by atoms with van der Waals surface area (Å²) in [5.41, 5.74) is 4.06. The van der Waals surface area contributed by atoms with E-state index in [1.54, 1.807) is 0 Å². The van der Waals surface area contributed by atoms with Gasteiger partial charge in [-0.15, -0.1) is 11.6 Å². The number of rotatable bonds is 5. The normalized spacial score (nSPS) is 20.7. The maximum Gasteiger partial charge on any atom is 0.185 e. The van der Waals surface area contributed by atoms with Crippen molar-refractivity contribution in [2.45, 2.75) is 17.0 Å². The second-order valence-corrected chi connectivity index (χ2v) is 11.5. The molecule has 3 heteroatoms. The lowest BCUT2D eigenvalue weighted by atomic mass is 9.80. The molecule has 5 rings (SSSR count). The maximum absolute atomic E-state index is 13.5. The van der Waals surface area contributed by atoms with Gasteiger partial charge in [0.05, 0.1) is 10.5 Å². The van der Waals surface area contributed by atoms with Crippen molar-refractivity contribution in [1.82, 2.24) is 0 Å². The molecular weight excluding hydrogens is 455 g/mol. The first-order valence-electron chi connectivity index (χ1n) is 11.6. The summed E-state index contributed by atoms with van der Waals surface area (Å²) in [6, 6.07) is 41.5. The van der Waals surface area contributed by atoms with Gasteiger partial charge in [0.25, 0.3) is 0 Å². The summed E-state index contributed by atoms with van der Waals surface area (Å²) < 4.78 is 0. The molecule has 1 aliphatic rings. The van der Waals surface area contributed by atoms with E-state index in [2.05, 4.69) is 78.9 Å². The molecule has 1 nitrogen and oxygen atoms in total. The standard InChI is InChI=1S/C31H26ClOP/c32-29-21-22-34(27-19-11-4-12-20-27)31(25-15-7-2-8-16-25,26-17-9-3-10-18-26)28(29)23-30(33)24-13-5-1-6-14-24/h1-20,23,29H,21-22H2. The first kappa shape index (κ1) is 22.8. The fraction of sp³-hybridized carbons (Fsp3) is 0.129. The lowest BCUT2D eigenvalue weighted by molar-refractivity contribution is 0.104. The molecule has 1 fully saturated rings. The van der Waals surface area contributed by atoms with Crippen molar-refractivity contribution in [3.63, 3.8) is 0 Å². The van der Waals surface area contributed by atoms with Crippen molar-refractivity contribution >= 4 is 30.6 Å². The van der Waals surface area contributed by atoms with Gasteiger partial charge < -0.3 is 0 Å². The van der Waals surface area contributed by atoms with Crippen LogP contribution >= 0.6 is 19.5 Å². The van der Waals surface area contributed by atoms with Gasteiger partial charge in [0.15, 0.2) is 5.78 Å². The van der Waals surface area contributed by atoms with Crippen molar-refractivity contribution in [1.29, 1.82) is 0 Å². The Hall–Kier alpha value is -2.99. The van der Waals surface area contributed by atoms with Crippen LogP contribution in [0.5, 0.6) is 0 Å². The van der Waals surface area contributed by atoms with E-state index in [1.165, 1.54) is 16.4 Å². The van der Waals surface area contributed by atoms with Crippen LogP contribution in [0.1, 0.15) is 27.9 Å². The Balaban J connectivity index is 1.82. The Kier molecular flexibility index (Phi) is 6.77. The van der Waals surface area contributed by atoms with E-state index in [0.29, 0.717) is 5.56 Å². The molecule has 34 heavy (non-hydrogen) atoms. The number of ketones is 1. The highest BCUT2D eigenvalue weighted by Gasteiger charge is 2.50. The summed E-state index contributed by atoms with van der Waals surface area (Å²) in [4.78, 5) is 13.5. The van der Waals surface area contributed by atoms with E-state index in [-0.39, 0.29) is 11.2 Å². The minimum Gasteiger partial charge on any atom is -0.289 e. The van der Waals surface area contributed by atoms with E-state index in [9.17, 15) is 4.79 Å². The monoisotopic (exact) mass is 480 g/mol. The second kappa shape index (κ2) is 10.1. The van der Waals surface area contributed by atoms with E-state index in [4.69, 9.17) is 11.6 Å². The fourth-order valence-electron chi connectivity index (χ4n) is 5.07. The maximum atomic E-state index is 13.5. The van der Waals surface area contributed by atoms with Gasteiger partial charge >= 0.3 is 0 Å². The Morgan fingerprint density at radius 1 is 0.735 bits per heavy atom. The molecule has 1 aliphatic heterocycles. The predicted octanol–water partition coefficient (Wildman–Crippen LogP) is 7.56. The average molecular weight is 481 g/mol. The smallest absolute Gasteiger partial charge is 0.185 e. The molecule has 0 radical (unpaired) electrons. The highest BCUT2D eigenvalue weighted by molar-refractivity contribution is 7.67. The number of benzene rings is 4. The minimum absolute atomic E-state index is 0.00222. The summed E-state index contributed by atoms with van der Waals surface area (Å²) in [6.07, 6.45) is 3.68. The molecule has 0 N–H and O–H groups in total. The summed E-state index contributed by atoms with van der Waals surface area (Å²) in [6.45, 7) is 0. The quantitative estimate of drug-likeness (QED) is 0.125. The second-order valence-electron chi connectivity index (χ2n) is 8.52. The number of hydrogen-bond donors (Lipinski definition) is 0. The van der Waals surface area contributed by atoms with Crippen LogP contribution < -0.4 is 5.30 Å². The molecule has 0 saturated carbocycles. The molecule has 1 heterocycles. The van der Waals surface area contributed by atoms with Gasteiger partial charge in [-0.3, -0.25) is 4.79 Å².